The maximum absolute atomic E-state index is 10.8. The first kappa shape index (κ1) is 21.8. The Kier molecular flexibility index (Phi) is 11.1. The zero-order chi connectivity index (χ0) is 18.5. The molecule has 24 heavy (non-hydrogen) atoms. The Balaban J connectivity index is 0.000000381. The Morgan fingerprint density at radius 1 is 0.917 bits per heavy atom. The molecule has 0 spiro atoms. The van der Waals surface area contributed by atoms with Gasteiger partial charge in [-0.15, -0.1) is 0 Å². The average Bonchev–Trinajstić information content (AvgIpc) is 2.56. The van der Waals surface area contributed by atoms with E-state index in [4.69, 9.17) is 5.26 Å². The standard InChI is InChI=1S/C9H9BrO.C9H10O.C2H3N/c1-7(11)9-4-2-8(6-10)3-5-9;1-7-3-5-9(6-4-7)8(2)10;1-2-3/h2-5H,6H2,1H3;3-6H,1-2H3;1H3. The summed E-state index contributed by atoms with van der Waals surface area (Å²) in [6, 6.07) is 16.9. The van der Waals surface area contributed by atoms with Gasteiger partial charge in [-0.2, -0.15) is 5.26 Å². The Bertz CT molecular complexity index is 683. The van der Waals surface area contributed by atoms with E-state index >= 15 is 0 Å². The zero-order valence-corrected chi connectivity index (χ0v) is 16.1. The summed E-state index contributed by atoms with van der Waals surface area (Å²) < 4.78 is 0. The highest BCUT2D eigenvalue weighted by atomic mass is 79.9. The Morgan fingerprint density at radius 3 is 1.54 bits per heavy atom. The molecule has 0 aliphatic rings. The molecule has 0 fully saturated rings. The lowest BCUT2D eigenvalue weighted by Crippen LogP contribution is -1.90. The Hall–Kier alpha value is -2.25. The third-order valence-corrected chi connectivity index (χ3v) is 3.62. The highest BCUT2D eigenvalue weighted by molar-refractivity contribution is 9.08. The number of benzene rings is 2. The number of carbonyl (C=O) groups excluding carboxylic acids is 2. The van der Waals surface area contributed by atoms with E-state index < -0.39 is 0 Å². The maximum Gasteiger partial charge on any atom is 0.159 e. The van der Waals surface area contributed by atoms with E-state index in [9.17, 15) is 9.59 Å². The van der Waals surface area contributed by atoms with Gasteiger partial charge in [0.25, 0.3) is 0 Å². The second kappa shape index (κ2) is 12.2. The van der Waals surface area contributed by atoms with Crippen LogP contribution in [0, 0.1) is 18.3 Å². The van der Waals surface area contributed by atoms with Crippen LogP contribution < -0.4 is 0 Å². The molecule has 0 atom stereocenters. The third-order valence-electron chi connectivity index (χ3n) is 2.97. The van der Waals surface area contributed by atoms with Crippen molar-refractivity contribution < 1.29 is 9.59 Å². The first-order chi connectivity index (χ1) is 11.3. The molecule has 2 rings (SSSR count). The number of carbonyl (C=O) groups is 2. The first-order valence-corrected chi connectivity index (χ1v) is 8.52. The number of alkyl halides is 1. The van der Waals surface area contributed by atoms with Crippen LogP contribution in [-0.4, -0.2) is 11.6 Å². The molecule has 0 heterocycles. The van der Waals surface area contributed by atoms with Gasteiger partial charge in [0.1, 0.15) is 0 Å². The van der Waals surface area contributed by atoms with E-state index in [1.807, 2.05) is 55.5 Å². The highest BCUT2D eigenvalue weighted by Crippen LogP contribution is 2.07. The number of halogens is 1. The van der Waals surface area contributed by atoms with Gasteiger partial charge >= 0.3 is 0 Å². The molecule has 3 nitrogen and oxygen atoms in total. The van der Waals surface area contributed by atoms with Crippen molar-refractivity contribution in [2.75, 3.05) is 0 Å². The monoisotopic (exact) mass is 387 g/mol. The fourth-order valence-corrected chi connectivity index (χ4v) is 1.99. The molecule has 0 bridgehead atoms. The lowest BCUT2D eigenvalue weighted by atomic mass is 10.1. The van der Waals surface area contributed by atoms with E-state index in [1.165, 1.54) is 18.1 Å². The van der Waals surface area contributed by atoms with Crippen LogP contribution in [0.25, 0.3) is 0 Å². The zero-order valence-electron chi connectivity index (χ0n) is 14.5. The normalized spacial score (nSPS) is 8.67. The average molecular weight is 388 g/mol. The van der Waals surface area contributed by atoms with Gasteiger partial charge < -0.3 is 0 Å². The van der Waals surface area contributed by atoms with E-state index in [2.05, 4.69) is 15.9 Å². The second-order valence-electron chi connectivity index (χ2n) is 5.03. The minimum absolute atomic E-state index is 0.117. The molecule has 0 saturated carbocycles. The lowest BCUT2D eigenvalue weighted by Gasteiger charge is -1.96. The van der Waals surface area contributed by atoms with E-state index in [1.54, 1.807) is 19.9 Å². The van der Waals surface area contributed by atoms with Gasteiger partial charge in [-0.05, 0) is 26.3 Å². The predicted octanol–water partition coefficient (Wildman–Crippen LogP) is 5.51. The topological polar surface area (TPSA) is 57.9 Å². The molecule has 2 aromatic carbocycles. The molecule has 126 valence electrons. The predicted molar refractivity (Wildman–Crippen MR) is 102 cm³/mol. The van der Waals surface area contributed by atoms with Crippen molar-refractivity contribution >= 4 is 27.5 Å². The lowest BCUT2D eigenvalue weighted by molar-refractivity contribution is 0.100. The maximum atomic E-state index is 10.8. The van der Waals surface area contributed by atoms with Gasteiger partial charge in [-0.3, -0.25) is 9.59 Å². The highest BCUT2D eigenvalue weighted by Gasteiger charge is 1.97. The molecule has 0 amide bonds. The summed E-state index contributed by atoms with van der Waals surface area (Å²) in [7, 11) is 0. The Labute approximate surface area is 152 Å². The summed E-state index contributed by atoms with van der Waals surface area (Å²) in [5.74, 6) is 0.242. The van der Waals surface area contributed by atoms with E-state index in [-0.39, 0.29) is 11.6 Å². The second-order valence-corrected chi connectivity index (χ2v) is 5.59. The van der Waals surface area contributed by atoms with Crippen molar-refractivity contribution in [1.29, 1.82) is 5.26 Å². The number of nitriles is 1. The summed E-state index contributed by atoms with van der Waals surface area (Å²) in [4.78, 5) is 21.6. The summed E-state index contributed by atoms with van der Waals surface area (Å²) in [6.45, 7) is 6.58. The van der Waals surface area contributed by atoms with Crippen LogP contribution in [0.15, 0.2) is 48.5 Å². The van der Waals surface area contributed by atoms with Gasteiger partial charge in [0.05, 0.1) is 6.07 Å². The number of nitrogens with zero attached hydrogens (tertiary/aromatic N) is 1. The quantitative estimate of drug-likeness (QED) is 0.515. The fourth-order valence-electron chi connectivity index (χ4n) is 1.62. The molecular weight excluding hydrogens is 366 g/mol. The summed E-state index contributed by atoms with van der Waals surface area (Å²) in [5, 5.41) is 8.16. The molecule has 0 saturated heterocycles. The number of hydrogen-bond acceptors (Lipinski definition) is 3. The number of ketones is 2. The van der Waals surface area contributed by atoms with Crippen LogP contribution in [0.5, 0.6) is 0 Å². The van der Waals surface area contributed by atoms with Crippen molar-refractivity contribution in [2.45, 2.75) is 33.0 Å². The molecule has 0 aromatic heterocycles. The SMILES string of the molecule is CC#N.CC(=O)c1ccc(C)cc1.CC(=O)c1ccc(CBr)cc1. The largest absolute Gasteiger partial charge is 0.295 e. The van der Waals surface area contributed by atoms with Gasteiger partial charge in [-0.25, -0.2) is 0 Å². The molecule has 4 heteroatoms. The van der Waals surface area contributed by atoms with Crippen molar-refractivity contribution in [2.24, 2.45) is 0 Å². The van der Waals surface area contributed by atoms with E-state index in [0.717, 1.165) is 16.5 Å². The number of hydrogen-bond donors (Lipinski definition) is 0. The van der Waals surface area contributed by atoms with Gasteiger partial charge in [0.15, 0.2) is 11.6 Å². The minimum atomic E-state index is 0.117. The van der Waals surface area contributed by atoms with Crippen molar-refractivity contribution in [3.05, 3.63) is 70.8 Å². The van der Waals surface area contributed by atoms with Gasteiger partial charge in [0.2, 0.25) is 0 Å². The summed E-state index contributed by atoms with van der Waals surface area (Å²) in [6.07, 6.45) is 0. The van der Waals surface area contributed by atoms with Crippen LogP contribution in [0.4, 0.5) is 0 Å². The van der Waals surface area contributed by atoms with Gasteiger partial charge in [-0.1, -0.05) is 70.0 Å². The third kappa shape index (κ3) is 9.02. The van der Waals surface area contributed by atoms with Crippen LogP contribution in [-0.2, 0) is 5.33 Å². The van der Waals surface area contributed by atoms with Crippen molar-refractivity contribution in [1.82, 2.24) is 0 Å². The van der Waals surface area contributed by atoms with Crippen LogP contribution in [0.2, 0.25) is 0 Å². The summed E-state index contributed by atoms with van der Waals surface area (Å²) >= 11 is 3.33. The molecule has 0 aliphatic heterocycles. The van der Waals surface area contributed by atoms with Crippen LogP contribution in [0.1, 0.15) is 52.6 Å². The van der Waals surface area contributed by atoms with Crippen LogP contribution in [0.3, 0.4) is 0 Å². The van der Waals surface area contributed by atoms with E-state index in [0.29, 0.717) is 0 Å². The van der Waals surface area contributed by atoms with Crippen molar-refractivity contribution in [3.8, 4) is 6.07 Å². The summed E-state index contributed by atoms with van der Waals surface area (Å²) in [5.41, 5.74) is 3.93. The molecular formula is C20H22BrNO2. The molecule has 0 radical (unpaired) electrons. The smallest absolute Gasteiger partial charge is 0.159 e. The Morgan fingerprint density at radius 2 is 1.25 bits per heavy atom. The first-order valence-electron chi connectivity index (χ1n) is 7.40. The number of Topliss-reactive ketones (excluding diaryl/α,β-unsaturated/α-hetero) is 2. The molecule has 2 aromatic rings. The fraction of sp³-hybridized carbons (Fsp3) is 0.250. The minimum Gasteiger partial charge on any atom is -0.295 e. The van der Waals surface area contributed by atoms with Crippen LogP contribution >= 0.6 is 15.9 Å². The number of aryl methyl sites for hydroxylation is 1. The molecule has 0 unspecified atom stereocenters. The van der Waals surface area contributed by atoms with Crippen molar-refractivity contribution in [3.63, 3.8) is 0 Å². The molecule has 0 N–H and O–H groups in total. The van der Waals surface area contributed by atoms with Gasteiger partial charge in [0, 0.05) is 23.4 Å². The molecule has 0 aliphatic carbocycles. The number of rotatable bonds is 3.